The first kappa shape index (κ1) is 16.7. The van der Waals surface area contributed by atoms with Gasteiger partial charge in [-0.1, -0.05) is 45.9 Å². The molecule has 96 valence electrons. The lowest BCUT2D eigenvalue weighted by Gasteiger charge is -2.11. The van der Waals surface area contributed by atoms with Gasteiger partial charge in [-0.25, -0.2) is 0 Å². The molecule has 1 rings (SSSR count). The third kappa shape index (κ3) is 7.61. The van der Waals surface area contributed by atoms with Gasteiger partial charge in [0.1, 0.15) is 0 Å². The molecule has 0 aliphatic rings. The first-order valence-electron chi connectivity index (χ1n) is 5.95. The topological polar surface area (TPSA) is 12.0 Å². The number of anilines is 1. The highest BCUT2D eigenvalue weighted by Gasteiger charge is 2.00. The molecule has 1 aromatic carbocycles. The molecular formula is C14H21Br2N. The van der Waals surface area contributed by atoms with Crippen LogP contribution in [0.4, 0.5) is 5.69 Å². The Balaban J connectivity index is 0.00000121. The third-order valence-electron chi connectivity index (χ3n) is 1.93. The largest absolute Gasteiger partial charge is 0.384 e. The monoisotopic (exact) mass is 361 g/mol. The molecule has 0 fully saturated rings. The van der Waals surface area contributed by atoms with Crippen molar-refractivity contribution in [3.8, 4) is 0 Å². The van der Waals surface area contributed by atoms with Crippen molar-refractivity contribution in [1.82, 2.24) is 0 Å². The summed E-state index contributed by atoms with van der Waals surface area (Å²) in [6.07, 6.45) is 2.04. The predicted molar refractivity (Wildman–Crippen MR) is 86.9 cm³/mol. The maximum atomic E-state index is 3.43. The van der Waals surface area contributed by atoms with E-state index in [0.717, 1.165) is 9.94 Å². The predicted octanol–water partition coefficient (Wildman–Crippen LogP) is 5.87. The van der Waals surface area contributed by atoms with Crippen LogP contribution in [0, 0.1) is 5.92 Å². The zero-order valence-electron chi connectivity index (χ0n) is 10.9. The van der Waals surface area contributed by atoms with Gasteiger partial charge in [-0.15, -0.1) is 0 Å². The molecular weight excluding hydrogens is 342 g/mol. The lowest BCUT2D eigenvalue weighted by atomic mass is 10.1. The van der Waals surface area contributed by atoms with Crippen molar-refractivity contribution in [1.29, 1.82) is 0 Å². The molecule has 17 heavy (non-hydrogen) atoms. The first-order chi connectivity index (χ1) is 8.09. The molecule has 1 nitrogen and oxygen atoms in total. The van der Waals surface area contributed by atoms with Crippen molar-refractivity contribution >= 4 is 43.6 Å². The maximum Gasteiger partial charge on any atom is 0.0610 e. The summed E-state index contributed by atoms with van der Waals surface area (Å²) in [5.41, 5.74) is 2.35. The average molecular weight is 363 g/mol. The summed E-state index contributed by atoms with van der Waals surface area (Å²) in [5, 5.41) is 3.43. The summed E-state index contributed by atoms with van der Waals surface area (Å²) in [6, 6.07) is 8.26. The molecule has 0 aliphatic carbocycles. The molecule has 0 aromatic heterocycles. The summed E-state index contributed by atoms with van der Waals surface area (Å²) < 4.78 is 0.953. The zero-order chi connectivity index (χ0) is 13.3. The van der Waals surface area contributed by atoms with Gasteiger partial charge >= 0.3 is 0 Å². The van der Waals surface area contributed by atoms with Gasteiger partial charge in [0.05, 0.1) is 3.39 Å². The van der Waals surface area contributed by atoms with Gasteiger partial charge in [-0.3, -0.25) is 0 Å². The van der Waals surface area contributed by atoms with Crippen molar-refractivity contribution in [3.05, 3.63) is 33.2 Å². The standard InChI is InChI=1S/C12H15Br2N.C2H6/c1-9(2)8-15-11-6-4-3-5-10(11)7-12(13)14;1-2/h3-7,9,15H,8H2,1-2H3;1-2H3. The Labute approximate surface area is 122 Å². The minimum Gasteiger partial charge on any atom is -0.384 e. The minimum atomic E-state index is 0.648. The van der Waals surface area contributed by atoms with E-state index in [9.17, 15) is 0 Å². The smallest absolute Gasteiger partial charge is 0.0610 e. The normalized spacial score (nSPS) is 9.35. The fourth-order valence-corrected chi connectivity index (χ4v) is 1.71. The van der Waals surface area contributed by atoms with Crippen LogP contribution in [0.15, 0.2) is 27.7 Å². The fourth-order valence-electron chi connectivity index (χ4n) is 1.22. The Bertz CT molecular complexity index is 342. The fraction of sp³-hybridized carbons (Fsp3) is 0.429. The highest BCUT2D eigenvalue weighted by atomic mass is 79.9. The van der Waals surface area contributed by atoms with E-state index in [1.165, 1.54) is 11.3 Å². The number of rotatable bonds is 4. The average Bonchev–Trinajstić information content (AvgIpc) is 2.30. The summed E-state index contributed by atoms with van der Waals surface area (Å²) in [4.78, 5) is 0. The second-order valence-electron chi connectivity index (χ2n) is 3.80. The molecule has 0 bridgehead atoms. The van der Waals surface area contributed by atoms with Crippen LogP contribution < -0.4 is 5.32 Å². The van der Waals surface area contributed by atoms with Gasteiger partial charge in [0.15, 0.2) is 0 Å². The lowest BCUT2D eigenvalue weighted by Crippen LogP contribution is -2.08. The number of hydrogen-bond donors (Lipinski definition) is 1. The molecule has 0 aliphatic heterocycles. The lowest BCUT2D eigenvalue weighted by molar-refractivity contribution is 0.689. The van der Waals surface area contributed by atoms with Crippen LogP contribution in [0.5, 0.6) is 0 Å². The van der Waals surface area contributed by atoms with Crippen LogP contribution in [0.25, 0.3) is 6.08 Å². The van der Waals surface area contributed by atoms with E-state index >= 15 is 0 Å². The molecule has 0 atom stereocenters. The van der Waals surface area contributed by atoms with E-state index in [1.807, 2.05) is 32.1 Å². The Hall–Kier alpha value is -0.280. The molecule has 0 heterocycles. The van der Waals surface area contributed by atoms with Crippen molar-refractivity contribution in [2.24, 2.45) is 5.92 Å². The Morgan fingerprint density at radius 2 is 1.82 bits per heavy atom. The molecule has 0 radical (unpaired) electrons. The highest BCUT2D eigenvalue weighted by molar-refractivity contribution is 9.28. The summed E-state index contributed by atoms with van der Waals surface area (Å²) in [5.74, 6) is 0.648. The summed E-state index contributed by atoms with van der Waals surface area (Å²) >= 11 is 6.75. The number of halogens is 2. The molecule has 0 amide bonds. The van der Waals surface area contributed by atoms with E-state index in [2.05, 4.69) is 63.2 Å². The van der Waals surface area contributed by atoms with Crippen molar-refractivity contribution in [3.63, 3.8) is 0 Å². The van der Waals surface area contributed by atoms with Crippen LogP contribution in [0.1, 0.15) is 33.3 Å². The summed E-state index contributed by atoms with van der Waals surface area (Å²) in [7, 11) is 0. The highest BCUT2D eigenvalue weighted by Crippen LogP contribution is 2.23. The van der Waals surface area contributed by atoms with E-state index in [1.54, 1.807) is 0 Å². The molecule has 3 heteroatoms. The van der Waals surface area contributed by atoms with Gasteiger partial charge < -0.3 is 5.32 Å². The second-order valence-corrected chi connectivity index (χ2v) is 6.57. The number of para-hydroxylation sites is 1. The van der Waals surface area contributed by atoms with Crippen LogP contribution in [0.3, 0.4) is 0 Å². The molecule has 1 N–H and O–H groups in total. The van der Waals surface area contributed by atoms with Crippen LogP contribution >= 0.6 is 31.9 Å². The maximum absolute atomic E-state index is 3.43. The molecule has 0 unspecified atom stereocenters. The SMILES string of the molecule is CC.CC(C)CNc1ccccc1C=C(Br)Br. The number of benzene rings is 1. The van der Waals surface area contributed by atoms with E-state index < -0.39 is 0 Å². The Morgan fingerprint density at radius 3 is 2.35 bits per heavy atom. The van der Waals surface area contributed by atoms with Gasteiger partial charge in [-0.2, -0.15) is 0 Å². The van der Waals surface area contributed by atoms with E-state index in [0.29, 0.717) is 5.92 Å². The minimum absolute atomic E-state index is 0.648. The molecule has 0 saturated carbocycles. The quantitative estimate of drug-likeness (QED) is 0.706. The second kappa shape index (κ2) is 9.72. The third-order valence-corrected chi connectivity index (χ3v) is 2.38. The molecule has 0 saturated heterocycles. The van der Waals surface area contributed by atoms with Crippen LogP contribution in [-0.2, 0) is 0 Å². The van der Waals surface area contributed by atoms with Gasteiger partial charge in [-0.05, 0) is 55.5 Å². The van der Waals surface area contributed by atoms with Crippen molar-refractivity contribution in [2.45, 2.75) is 27.7 Å². The van der Waals surface area contributed by atoms with E-state index in [4.69, 9.17) is 0 Å². The van der Waals surface area contributed by atoms with Gasteiger partial charge in [0.25, 0.3) is 0 Å². The van der Waals surface area contributed by atoms with Gasteiger partial charge in [0.2, 0.25) is 0 Å². The van der Waals surface area contributed by atoms with Crippen LogP contribution in [-0.4, -0.2) is 6.54 Å². The summed E-state index contributed by atoms with van der Waals surface area (Å²) in [6.45, 7) is 9.39. The number of nitrogens with one attached hydrogen (secondary N) is 1. The van der Waals surface area contributed by atoms with Crippen molar-refractivity contribution < 1.29 is 0 Å². The molecule has 0 spiro atoms. The Morgan fingerprint density at radius 1 is 1.24 bits per heavy atom. The first-order valence-corrected chi connectivity index (χ1v) is 7.54. The Kier molecular flexibility index (Phi) is 9.56. The number of hydrogen-bond acceptors (Lipinski definition) is 1. The van der Waals surface area contributed by atoms with Crippen LogP contribution in [0.2, 0.25) is 0 Å². The van der Waals surface area contributed by atoms with E-state index in [-0.39, 0.29) is 0 Å². The molecule has 1 aromatic rings. The van der Waals surface area contributed by atoms with Gasteiger partial charge in [0, 0.05) is 12.2 Å². The van der Waals surface area contributed by atoms with Crippen molar-refractivity contribution in [2.75, 3.05) is 11.9 Å². The zero-order valence-corrected chi connectivity index (χ0v) is 14.1.